The minimum atomic E-state index is -4.31. The monoisotopic (exact) mass is 323 g/mol. The normalized spacial score (nSPS) is 19.6. The van der Waals surface area contributed by atoms with Gasteiger partial charge in [-0.1, -0.05) is 28.1 Å². The van der Waals surface area contributed by atoms with E-state index in [2.05, 4.69) is 20.7 Å². The van der Waals surface area contributed by atoms with Crippen molar-refractivity contribution < 1.29 is 17.9 Å². The molecule has 1 fully saturated rings. The van der Waals surface area contributed by atoms with Crippen molar-refractivity contribution in [1.29, 1.82) is 0 Å². The number of alkyl halides is 3. The second-order valence-corrected chi connectivity index (χ2v) is 5.39. The van der Waals surface area contributed by atoms with Crippen LogP contribution >= 0.6 is 15.9 Å². The van der Waals surface area contributed by atoms with Gasteiger partial charge in [0, 0.05) is 31.2 Å². The molecule has 100 valence electrons. The van der Waals surface area contributed by atoms with E-state index in [-0.39, 0.29) is 13.1 Å². The Morgan fingerprint density at radius 1 is 1.39 bits per heavy atom. The summed E-state index contributed by atoms with van der Waals surface area (Å²) in [7, 11) is 1.12. The third-order valence-electron chi connectivity index (χ3n) is 3.16. The third-order valence-corrected chi connectivity index (χ3v) is 3.65. The molecule has 0 bridgehead atoms. The number of hydrogen-bond donors (Lipinski definition) is 0. The van der Waals surface area contributed by atoms with E-state index in [1.165, 1.54) is 0 Å². The molecular weight excluding hydrogens is 311 g/mol. The van der Waals surface area contributed by atoms with Crippen LogP contribution in [0.2, 0.25) is 0 Å². The fourth-order valence-electron chi connectivity index (χ4n) is 2.11. The van der Waals surface area contributed by atoms with Crippen LogP contribution in [0.25, 0.3) is 0 Å². The summed E-state index contributed by atoms with van der Waals surface area (Å²) >= 11 is 3.34. The van der Waals surface area contributed by atoms with Gasteiger partial charge in [-0.15, -0.1) is 0 Å². The van der Waals surface area contributed by atoms with E-state index >= 15 is 0 Å². The molecule has 1 aromatic carbocycles. The third kappa shape index (κ3) is 2.55. The van der Waals surface area contributed by atoms with E-state index in [1.54, 1.807) is 4.90 Å². The standard InChI is InChI=1S/C12H13BrF3NO/c1-18-11(12(14,15)16)7-17(8-11)6-9-3-2-4-10(13)5-9/h2-5H,6-8H2,1H3. The van der Waals surface area contributed by atoms with Gasteiger partial charge in [-0.25, -0.2) is 0 Å². The molecule has 0 amide bonds. The molecule has 1 heterocycles. The van der Waals surface area contributed by atoms with Gasteiger partial charge in [-0.3, -0.25) is 4.90 Å². The first-order chi connectivity index (χ1) is 8.36. The molecule has 0 aromatic heterocycles. The minimum Gasteiger partial charge on any atom is -0.366 e. The Bertz CT molecular complexity index is 430. The summed E-state index contributed by atoms with van der Waals surface area (Å²) in [5.41, 5.74) is -1.00. The van der Waals surface area contributed by atoms with Gasteiger partial charge in [0.15, 0.2) is 5.60 Å². The molecule has 1 aliphatic rings. The lowest BCUT2D eigenvalue weighted by Crippen LogP contribution is -2.69. The first-order valence-electron chi connectivity index (χ1n) is 5.45. The van der Waals surface area contributed by atoms with Crippen molar-refractivity contribution in [1.82, 2.24) is 4.90 Å². The lowest BCUT2D eigenvalue weighted by Gasteiger charge is -2.49. The average molecular weight is 324 g/mol. The first-order valence-corrected chi connectivity index (χ1v) is 6.24. The Balaban J connectivity index is 1.97. The van der Waals surface area contributed by atoms with Gasteiger partial charge in [0.25, 0.3) is 0 Å². The number of benzene rings is 1. The smallest absolute Gasteiger partial charge is 0.366 e. The van der Waals surface area contributed by atoms with Gasteiger partial charge < -0.3 is 4.74 Å². The molecule has 1 aliphatic heterocycles. The van der Waals surface area contributed by atoms with Crippen LogP contribution in [0.5, 0.6) is 0 Å². The summed E-state index contributed by atoms with van der Waals surface area (Å²) < 4.78 is 43.9. The molecule has 0 saturated carbocycles. The first kappa shape index (κ1) is 13.8. The molecule has 0 radical (unpaired) electrons. The Kier molecular flexibility index (Phi) is 3.71. The van der Waals surface area contributed by atoms with E-state index < -0.39 is 11.8 Å². The number of rotatable bonds is 3. The van der Waals surface area contributed by atoms with Crippen LogP contribution < -0.4 is 0 Å². The zero-order valence-electron chi connectivity index (χ0n) is 9.80. The molecule has 1 aromatic rings. The van der Waals surface area contributed by atoms with Crippen LogP contribution in [0.15, 0.2) is 28.7 Å². The van der Waals surface area contributed by atoms with Gasteiger partial charge >= 0.3 is 6.18 Å². The summed E-state index contributed by atoms with van der Waals surface area (Å²) in [6.45, 7) is 0.277. The quantitative estimate of drug-likeness (QED) is 0.847. The van der Waals surface area contributed by atoms with Crippen LogP contribution in [0.4, 0.5) is 13.2 Å². The SMILES string of the molecule is COC1(C(F)(F)F)CN(Cc2cccc(Br)c2)C1. The molecule has 18 heavy (non-hydrogen) atoms. The molecule has 2 rings (SSSR count). The van der Waals surface area contributed by atoms with E-state index in [9.17, 15) is 13.2 Å². The summed E-state index contributed by atoms with van der Waals surface area (Å²) in [6, 6.07) is 7.55. The van der Waals surface area contributed by atoms with Crippen LogP contribution in [-0.2, 0) is 11.3 Å². The molecule has 0 atom stereocenters. The lowest BCUT2D eigenvalue weighted by atomic mass is 9.92. The van der Waals surface area contributed by atoms with Crippen molar-refractivity contribution in [2.75, 3.05) is 20.2 Å². The highest BCUT2D eigenvalue weighted by molar-refractivity contribution is 9.10. The Morgan fingerprint density at radius 3 is 2.56 bits per heavy atom. The van der Waals surface area contributed by atoms with Crippen LogP contribution in [0, 0.1) is 0 Å². The molecule has 0 spiro atoms. The Labute approximate surface area is 112 Å². The van der Waals surface area contributed by atoms with Crippen LogP contribution in [-0.4, -0.2) is 36.9 Å². The molecule has 0 N–H and O–H groups in total. The molecule has 1 saturated heterocycles. The minimum absolute atomic E-state index is 0.112. The maximum Gasteiger partial charge on any atom is 0.419 e. The maximum absolute atomic E-state index is 12.8. The van der Waals surface area contributed by atoms with Gasteiger partial charge in [-0.2, -0.15) is 13.2 Å². The Hall–Kier alpha value is -0.590. The maximum atomic E-state index is 12.8. The summed E-state index contributed by atoms with van der Waals surface area (Å²) in [4.78, 5) is 1.72. The van der Waals surface area contributed by atoms with Crippen molar-refractivity contribution >= 4 is 15.9 Å². The second kappa shape index (κ2) is 4.83. The summed E-state index contributed by atoms with van der Waals surface area (Å²) in [5, 5.41) is 0. The van der Waals surface area contributed by atoms with Crippen LogP contribution in [0.1, 0.15) is 5.56 Å². The molecule has 6 heteroatoms. The van der Waals surface area contributed by atoms with Crippen LogP contribution in [0.3, 0.4) is 0 Å². The highest BCUT2D eigenvalue weighted by Gasteiger charge is 2.62. The fraction of sp³-hybridized carbons (Fsp3) is 0.500. The van der Waals surface area contributed by atoms with Crippen molar-refractivity contribution in [2.24, 2.45) is 0 Å². The largest absolute Gasteiger partial charge is 0.419 e. The number of methoxy groups -OCH3 is 1. The van der Waals surface area contributed by atoms with Crippen molar-refractivity contribution in [2.45, 2.75) is 18.3 Å². The summed E-state index contributed by atoms with van der Waals surface area (Å²) in [6.07, 6.45) is -4.31. The van der Waals surface area contributed by atoms with Gasteiger partial charge in [0.2, 0.25) is 0 Å². The van der Waals surface area contributed by atoms with E-state index in [0.717, 1.165) is 17.1 Å². The molecule has 2 nitrogen and oxygen atoms in total. The van der Waals surface area contributed by atoms with Crippen molar-refractivity contribution in [3.05, 3.63) is 34.3 Å². The van der Waals surface area contributed by atoms with Gasteiger partial charge in [-0.05, 0) is 17.7 Å². The van der Waals surface area contributed by atoms with Gasteiger partial charge in [0.05, 0.1) is 0 Å². The number of ether oxygens (including phenoxy) is 1. The molecule has 0 unspecified atom stereocenters. The van der Waals surface area contributed by atoms with Gasteiger partial charge in [0.1, 0.15) is 0 Å². The van der Waals surface area contributed by atoms with Crippen molar-refractivity contribution in [3.8, 4) is 0 Å². The predicted molar refractivity (Wildman–Crippen MR) is 65.2 cm³/mol. The van der Waals surface area contributed by atoms with E-state index in [4.69, 9.17) is 0 Å². The highest BCUT2D eigenvalue weighted by atomic mass is 79.9. The van der Waals surface area contributed by atoms with Crippen molar-refractivity contribution in [3.63, 3.8) is 0 Å². The zero-order valence-corrected chi connectivity index (χ0v) is 11.4. The lowest BCUT2D eigenvalue weighted by molar-refractivity contribution is -0.312. The van der Waals surface area contributed by atoms with E-state index in [1.807, 2.05) is 24.3 Å². The molecule has 0 aliphatic carbocycles. The fourth-order valence-corrected chi connectivity index (χ4v) is 2.55. The molecular formula is C12H13BrF3NO. The number of hydrogen-bond acceptors (Lipinski definition) is 2. The second-order valence-electron chi connectivity index (χ2n) is 4.47. The number of nitrogens with zero attached hydrogens (tertiary/aromatic N) is 1. The predicted octanol–water partition coefficient (Wildman–Crippen LogP) is 3.21. The topological polar surface area (TPSA) is 12.5 Å². The summed E-state index contributed by atoms with van der Waals surface area (Å²) in [5.74, 6) is 0. The number of halogens is 4. The number of likely N-dealkylation sites (tertiary alicyclic amines) is 1. The van der Waals surface area contributed by atoms with E-state index in [0.29, 0.717) is 6.54 Å². The Morgan fingerprint density at radius 2 is 2.06 bits per heavy atom. The zero-order chi connectivity index (χ0) is 13.4. The average Bonchev–Trinajstić information content (AvgIpc) is 2.21. The highest BCUT2D eigenvalue weighted by Crippen LogP contribution is 2.40.